The van der Waals surface area contributed by atoms with Crippen molar-refractivity contribution in [3.05, 3.63) is 23.8 Å². The third-order valence-corrected chi connectivity index (χ3v) is 5.89. The Balaban J connectivity index is 1.79. The van der Waals surface area contributed by atoms with Gasteiger partial charge in [-0.15, -0.1) is 0 Å². The number of ether oxygens (including phenoxy) is 1. The molecule has 3 rings (SSSR count). The van der Waals surface area contributed by atoms with Gasteiger partial charge < -0.3 is 10.5 Å². The number of morpholine rings is 1. The molecule has 2 fully saturated rings. The molecular formula is C15H21N3O4S. The second-order valence-electron chi connectivity index (χ2n) is 5.91. The summed E-state index contributed by atoms with van der Waals surface area (Å²) in [5.41, 5.74) is 6.92. The van der Waals surface area contributed by atoms with Crippen LogP contribution in [-0.2, 0) is 14.9 Å². The summed E-state index contributed by atoms with van der Waals surface area (Å²) in [4.78, 5) is 12.3. The summed E-state index contributed by atoms with van der Waals surface area (Å²) in [7, 11) is -3.70. The number of Topliss-reactive ketones (excluding diaryl/α,β-unsaturated/α-hetero) is 1. The van der Waals surface area contributed by atoms with E-state index in [0.29, 0.717) is 37.6 Å². The fourth-order valence-corrected chi connectivity index (χ4v) is 3.91. The van der Waals surface area contributed by atoms with E-state index in [-0.39, 0.29) is 17.4 Å². The second-order valence-corrected chi connectivity index (χ2v) is 7.58. The average Bonchev–Trinajstić information content (AvgIpc) is 2.48. The normalized spacial score (nSPS) is 20.0. The Labute approximate surface area is 136 Å². The molecule has 3 N–H and O–H groups in total. The predicted molar refractivity (Wildman–Crippen MR) is 87.5 cm³/mol. The van der Waals surface area contributed by atoms with Crippen LogP contribution in [0, 0.1) is 5.92 Å². The molecule has 2 aliphatic rings. The van der Waals surface area contributed by atoms with E-state index in [4.69, 9.17) is 10.5 Å². The van der Waals surface area contributed by atoms with Crippen molar-refractivity contribution in [2.24, 2.45) is 5.92 Å². The van der Waals surface area contributed by atoms with Gasteiger partial charge in [0.15, 0.2) is 5.78 Å². The number of hydrogen-bond acceptors (Lipinski definition) is 5. The minimum absolute atomic E-state index is 0.0577. The average molecular weight is 339 g/mol. The lowest BCUT2D eigenvalue weighted by atomic mass is 9.80. The maximum absolute atomic E-state index is 12.4. The Morgan fingerprint density at radius 3 is 2.57 bits per heavy atom. The van der Waals surface area contributed by atoms with Crippen LogP contribution in [0.5, 0.6) is 0 Å². The standard InChI is InChI=1S/C15H21N3O4S/c16-13-5-4-12(15(19)11-2-1-3-11)10-14(13)17-23(20,21)18-6-8-22-9-7-18/h4-5,10-11,17H,1-3,6-9,16H2. The Hall–Kier alpha value is -1.64. The first-order valence-corrected chi connectivity index (χ1v) is 9.21. The zero-order valence-corrected chi connectivity index (χ0v) is 13.6. The van der Waals surface area contributed by atoms with Crippen LogP contribution in [0.2, 0.25) is 0 Å². The largest absolute Gasteiger partial charge is 0.397 e. The summed E-state index contributed by atoms with van der Waals surface area (Å²) < 4.78 is 33.8. The van der Waals surface area contributed by atoms with E-state index >= 15 is 0 Å². The van der Waals surface area contributed by atoms with Crippen LogP contribution in [0.15, 0.2) is 18.2 Å². The van der Waals surface area contributed by atoms with E-state index in [2.05, 4.69) is 4.72 Å². The monoisotopic (exact) mass is 339 g/mol. The molecule has 1 aromatic carbocycles. The highest BCUT2D eigenvalue weighted by Crippen LogP contribution is 2.31. The van der Waals surface area contributed by atoms with E-state index in [1.54, 1.807) is 12.1 Å². The number of rotatable bonds is 5. The molecule has 126 valence electrons. The molecule has 0 radical (unpaired) electrons. The first kappa shape index (κ1) is 16.2. The number of nitrogen functional groups attached to an aromatic ring is 1. The van der Waals surface area contributed by atoms with Gasteiger partial charge in [0, 0.05) is 24.6 Å². The molecule has 0 spiro atoms. The van der Waals surface area contributed by atoms with Gasteiger partial charge in [-0.25, -0.2) is 0 Å². The third kappa shape index (κ3) is 3.49. The molecule has 8 heteroatoms. The van der Waals surface area contributed by atoms with Crippen LogP contribution in [0.4, 0.5) is 11.4 Å². The fourth-order valence-electron chi connectivity index (χ4n) is 2.69. The highest BCUT2D eigenvalue weighted by molar-refractivity contribution is 7.90. The fraction of sp³-hybridized carbons (Fsp3) is 0.533. The van der Waals surface area contributed by atoms with Crippen molar-refractivity contribution in [1.82, 2.24) is 4.31 Å². The molecule has 0 unspecified atom stereocenters. The summed E-state index contributed by atoms with van der Waals surface area (Å²) in [6.07, 6.45) is 2.87. The molecule has 0 bridgehead atoms. The SMILES string of the molecule is Nc1ccc(C(=O)C2CCC2)cc1NS(=O)(=O)N1CCOCC1. The van der Waals surface area contributed by atoms with Crippen molar-refractivity contribution in [2.75, 3.05) is 36.8 Å². The predicted octanol–water partition coefficient (Wildman–Crippen LogP) is 1.24. The van der Waals surface area contributed by atoms with Gasteiger partial charge >= 0.3 is 10.2 Å². The lowest BCUT2D eigenvalue weighted by Gasteiger charge is -2.27. The summed E-state index contributed by atoms with van der Waals surface area (Å²) in [6, 6.07) is 4.76. The zero-order chi connectivity index (χ0) is 16.4. The molecule has 1 saturated heterocycles. The molecule has 7 nitrogen and oxygen atoms in total. The molecule has 0 amide bonds. The second kappa shape index (κ2) is 6.46. The number of hydrogen-bond donors (Lipinski definition) is 2. The van der Waals surface area contributed by atoms with Crippen molar-refractivity contribution in [3.63, 3.8) is 0 Å². The van der Waals surface area contributed by atoms with Crippen molar-refractivity contribution < 1.29 is 17.9 Å². The number of ketones is 1. The van der Waals surface area contributed by atoms with Gasteiger partial charge in [0.2, 0.25) is 0 Å². The molecular weight excluding hydrogens is 318 g/mol. The number of carbonyl (C=O) groups is 1. The molecule has 1 aliphatic carbocycles. The van der Waals surface area contributed by atoms with Gasteiger partial charge in [-0.3, -0.25) is 9.52 Å². The van der Waals surface area contributed by atoms with Crippen LogP contribution in [0.3, 0.4) is 0 Å². The van der Waals surface area contributed by atoms with Crippen molar-refractivity contribution >= 4 is 27.4 Å². The van der Waals surface area contributed by atoms with Crippen LogP contribution in [-0.4, -0.2) is 44.8 Å². The Kier molecular flexibility index (Phi) is 4.56. The molecule has 1 heterocycles. The quantitative estimate of drug-likeness (QED) is 0.621. The summed E-state index contributed by atoms with van der Waals surface area (Å²) in [5.74, 6) is 0.116. The minimum atomic E-state index is -3.70. The molecule has 23 heavy (non-hydrogen) atoms. The zero-order valence-electron chi connectivity index (χ0n) is 12.8. The lowest BCUT2D eigenvalue weighted by Crippen LogP contribution is -2.43. The van der Waals surface area contributed by atoms with Crippen LogP contribution in [0.25, 0.3) is 0 Å². The van der Waals surface area contributed by atoms with Gasteiger partial charge in [-0.05, 0) is 31.0 Å². The molecule has 0 atom stereocenters. The van der Waals surface area contributed by atoms with Gasteiger partial charge in [0.05, 0.1) is 24.6 Å². The van der Waals surface area contributed by atoms with Crippen LogP contribution >= 0.6 is 0 Å². The molecule has 0 aromatic heterocycles. The van der Waals surface area contributed by atoms with E-state index in [1.165, 1.54) is 10.4 Å². The lowest BCUT2D eigenvalue weighted by molar-refractivity contribution is 0.0733. The Morgan fingerprint density at radius 1 is 1.26 bits per heavy atom. The number of nitrogens with two attached hydrogens (primary N) is 1. The van der Waals surface area contributed by atoms with E-state index < -0.39 is 10.2 Å². The molecule has 1 saturated carbocycles. The maximum atomic E-state index is 12.4. The van der Waals surface area contributed by atoms with Crippen LogP contribution < -0.4 is 10.5 Å². The topological polar surface area (TPSA) is 102 Å². The van der Waals surface area contributed by atoms with Gasteiger partial charge in [-0.2, -0.15) is 12.7 Å². The van der Waals surface area contributed by atoms with Crippen LogP contribution in [0.1, 0.15) is 29.6 Å². The van der Waals surface area contributed by atoms with Crippen molar-refractivity contribution in [3.8, 4) is 0 Å². The first-order chi connectivity index (χ1) is 11.0. The van der Waals surface area contributed by atoms with Crippen molar-refractivity contribution in [2.45, 2.75) is 19.3 Å². The highest BCUT2D eigenvalue weighted by atomic mass is 32.2. The van der Waals surface area contributed by atoms with E-state index in [9.17, 15) is 13.2 Å². The van der Waals surface area contributed by atoms with E-state index in [1.807, 2.05) is 0 Å². The number of anilines is 2. The maximum Gasteiger partial charge on any atom is 0.301 e. The Bertz CT molecular complexity index is 695. The van der Waals surface area contributed by atoms with E-state index in [0.717, 1.165) is 19.3 Å². The van der Waals surface area contributed by atoms with Gasteiger partial charge in [0.25, 0.3) is 0 Å². The Morgan fingerprint density at radius 2 is 1.96 bits per heavy atom. The third-order valence-electron chi connectivity index (χ3n) is 4.36. The van der Waals surface area contributed by atoms with Gasteiger partial charge in [-0.1, -0.05) is 6.42 Å². The minimum Gasteiger partial charge on any atom is -0.397 e. The molecule has 1 aliphatic heterocycles. The number of nitrogens with one attached hydrogen (secondary N) is 1. The highest BCUT2D eigenvalue weighted by Gasteiger charge is 2.28. The first-order valence-electron chi connectivity index (χ1n) is 7.77. The van der Waals surface area contributed by atoms with Gasteiger partial charge in [0.1, 0.15) is 0 Å². The number of benzene rings is 1. The number of carbonyl (C=O) groups excluding carboxylic acids is 1. The smallest absolute Gasteiger partial charge is 0.301 e. The summed E-state index contributed by atoms with van der Waals surface area (Å²) in [5, 5.41) is 0. The summed E-state index contributed by atoms with van der Waals surface area (Å²) >= 11 is 0. The van der Waals surface area contributed by atoms with Crippen molar-refractivity contribution in [1.29, 1.82) is 0 Å². The summed E-state index contributed by atoms with van der Waals surface area (Å²) in [6.45, 7) is 1.35. The number of nitrogens with zero attached hydrogens (tertiary/aromatic N) is 1. The molecule has 1 aromatic rings.